The van der Waals surface area contributed by atoms with Crippen molar-refractivity contribution in [2.45, 2.75) is 52.2 Å². The van der Waals surface area contributed by atoms with Crippen LogP contribution in [0.4, 0.5) is 10.5 Å². The van der Waals surface area contributed by atoms with Gasteiger partial charge in [0.05, 0.1) is 35.2 Å². The smallest absolute Gasteiger partial charge is 0.408 e. The summed E-state index contributed by atoms with van der Waals surface area (Å²) in [5, 5.41) is 10.2. The molecule has 3 heterocycles. The number of anilines is 1. The van der Waals surface area contributed by atoms with Gasteiger partial charge in [-0.2, -0.15) is 5.10 Å². The van der Waals surface area contributed by atoms with Crippen molar-refractivity contribution in [3.8, 4) is 11.3 Å². The van der Waals surface area contributed by atoms with Crippen LogP contribution in [0, 0.1) is 5.92 Å². The maximum absolute atomic E-state index is 12.8. The fourth-order valence-corrected chi connectivity index (χ4v) is 3.37. The van der Waals surface area contributed by atoms with E-state index in [4.69, 9.17) is 4.74 Å². The highest BCUT2D eigenvalue weighted by atomic mass is 16.6. The molecule has 2 bridgehead atoms. The van der Waals surface area contributed by atoms with Crippen LogP contribution in [0.1, 0.15) is 52.3 Å². The number of hydrogen-bond donors (Lipinski definition) is 2. The molecule has 8 heteroatoms. The number of fused-ring (bicyclic) bond motifs is 4. The van der Waals surface area contributed by atoms with E-state index >= 15 is 0 Å². The van der Waals surface area contributed by atoms with Gasteiger partial charge in [-0.1, -0.05) is 19.1 Å². The van der Waals surface area contributed by atoms with Crippen LogP contribution in [-0.2, 0) is 16.6 Å². The van der Waals surface area contributed by atoms with Gasteiger partial charge in [0.15, 0.2) is 0 Å². The SMILES string of the molecule is CC[C@H]1/C=C/CC(NC(=O)OC(C)(C)C)c2cc(ccn2)-c2c(cnn2C)NC1=O. The Labute approximate surface area is 176 Å². The van der Waals surface area contributed by atoms with E-state index in [2.05, 4.69) is 20.7 Å². The predicted octanol–water partition coefficient (Wildman–Crippen LogP) is 3.97. The van der Waals surface area contributed by atoms with Gasteiger partial charge in [-0.05, 0) is 45.7 Å². The van der Waals surface area contributed by atoms with Crippen molar-refractivity contribution in [2.24, 2.45) is 13.0 Å². The third kappa shape index (κ3) is 5.06. The molecule has 1 aliphatic rings. The van der Waals surface area contributed by atoms with E-state index < -0.39 is 17.7 Å². The summed E-state index contributed by atoms with van der Waals surface area (Å²) in [5.74, 6) is -0.375. The lowest BCUT2D eigenvalue weighted by Crippen LogP contribution is -2.35. The normalized spacial score (nSPS) is 20.2. The molecule has 2 aromatic heterocycles. The van der Waals surface area contributed by atoms with Crippen LogP contribution in [0.2, 0.25) is 0 Å². The first kappa shape index (κ1) is 21.5. The first-order valence-electron chi connectivity index (χ1n) is 10.1. The Morgan fingerprint density at radius 2 is 2.17 bits per heavy atom. The molecule has 1 unspecified atom stereocenters. The van der Waals surface area contributed by atoms with Gasteiger partial charge in [0.1, 0.15) is 5.60 Å². The molecule has 2 N–H and O–H groups in total. The van der Waals surface area contributed by atoms with Crippen LogP contribution < -0.4 is 10.6 Å². The number of pyridine rings is 1. The lowest BCUT2D eigenvalue weighted by Gasteiger charge is -2.23. The van der Waals surface area contributed by atoms with E-state index in [1.807, 2.05) is 59.0 Å². The van der Waals surface area contributed by atoms with Gasteiger partial charge >= 0.3 is 6.09 Å². The molecule has 2 atom stereocenters. The molecule has 30 heavy (non-hydrogen) atoms. The van der Waals surface area contributed by atoms with Crippen molar-refractivity contribution in [3.63, 3.8) is 0 Å². The number of carbonyl (C=O) groups is 2. The molecule has 2 amide bonds. The summed E-state index contributed by atoms with van der Waals surface area (Å²) in [6, 6.07) is 3.37. The molecular weight excluding hydrogens is 382 g/mol. The second kappa shape index (κ2) is 8.69. The van der Waals surface area contributed by atoms with Crippen molar-refractivity contribution in [3.05, 3.63) is 42.4 Å². The third-order valence-electron chi connectivity index (χ3n) is 4.82. The van der Waals surface area contributed by atoms with Crippen molar-refractivity contribution in [2.75, 3.05) is 5.32 Å². The lowest BCUT2D eigenvalue weighted by atomic mass is 10.00. The van der Waals surface area contributed by atoms with Gasteiger partial charge in [-0.25, -0.2) is 4.79 Å². The molecule has 2 aromatic rings. The fraction of sp³-hybridized carbons (Fsp3) is 0.455. The molecule has 0 aliphatic carbocycles. The maximum Gasteiger partial charge on any atom is 0.408 e. The zero-order valence-corrected chi connectivity index (χ0v) is 18.1. The third-order valence-corrected chi connectivity index (χ3v) is 4.82. The molecule has 1 aliphatic heterocycles. The first-order chi connectivity index (χ1) is 14.2. The van der Waals surface area contributed by atoms with Gasteiger partial charge in [0, 0.05) is 18.8 Å². The van der Waals surface area contributed by atoms with Crippen LogP contribution in [0.15, 0.2) is 36.7 Å². The highest BCUT2D eigenvalue weighted by Crippen LogP contribution is 2.30. The van der Waals surface area contributed by atoms with Crippen molar-refractivity contribution in [1.82, 2.24) is 20.1 Å². The topological polar surface area (TPSA) is 98.1 Å². The number of carbonyl (C=O) groups excluding carboxylic acids is 2. The summed E-state index contributed by atoms with van der Waals surface area (Å²) >= 11 is 0. The molecular formula is C22H29N5O3. The van der Waals surface area contributed by atoms with E-state index in [-0.39, 0.29) is 11.8 Å². The number of aromatic nitrogens is 3. The first-order valence-corrected chi connectivity index (χ1v) is 10.1. The molecule has 0 radical (unpaired) electrons. The zero-order chi connectivity index (χ0) is 21.9. The number of aryl methyl sites for hydroxylation is 1. The van der Waals surface area contributed by atoms with Crippen LogP contribution in [-0.4, -0.2) is 32.4 Å². The summed E-state index contributed by atoms with van der Waals surface area (Å²) in [5.41, 5.74) is 2.38. The van der Waals surface area contributed by atoms with Crippen molar-refractivity contribution >= 4 is 17.7 Å². The summed E-state index contributed by atoms with van der Waals surface area (Å²) < 4.78 is 7.14. The number of nitrogens with zero attached hydrogens (tertiary/aromatic N) is 3. The maximum atomic E-state index is 12.8. The number of alkyl carbamates (subject to hydrolysis) is 1. The summed E-state index contributed by atoms with van der Waals surface area (Å²) in [6.07, 6.45) is 7.76. The van der Waals surface area contributed by atoms with Crippen molar-refractivity contribution < 1.29 is 14.3 Å². The molecule has 0 saturated heterocycles. The number of nitrogens with one attached hydrogen (secondary N) is 2. The van der Waals surface area contributed by atoms with Crippen LogP contribution in [0.5, 0.6) is 0 Å². The highest BCUT2D eigenvalue weighted by Gasteiger charge is 2.24. The number of rotatable bonds is 2. The minimum Gasteiger partial charge on any atom is -0.444 e. The van der Waals surface area contributed by atoms with Crippen molar-refractivity contribution in [1.29, 1.82) is 0 Å². The van der Waals surface area contributed by atoms with E-state index in [1.165, 1.54) is 0 Å². The molecule has 0 aromatic carbocycles. The fourth-order valence-electron chi connectivity index (χ4n) is 3.37. The predicted molar refractivity (Wildman–Crippen MR) is 115 cm³/mol. The highest BCUT2D eigenvalue weighted by molar-refractivity contribution is 5.96. The second-order valence-electron chi connectivity index (χ2n) is 8.37. The van der Waals surface area contributed by atoms with E-state index in [0.29, 0.717) is 24.2 Å². The number of hydrogen-bond acceptors (Lipinski definition) is 5. The zero-order valence-electron chi connectivity index (χ0n) is 18.1. The Morgan fingerprint density at radius 3 is 2.87 bits per heavy atom. The number of ether oxygens (including phenoxy) is 1. The monoisotopic (exact) mass is 411 g/mol. The van der Waals surface area contributed by atoms with E-state index in [0.717, 1.165) is 11.3 Å². The van der Waals surface area contributed by atoms with Crippen LogP contribution >= 0.6 is 0 Å². The van der Waals surface area contributed by atoms with Gasteiger partial charge in [0.25, 0.3) is 0 Å². The Kier molecular flexibility index (Phi) is 6.24. The molecule has 3 rings (SSSR count). The van der Waals surface area contributed by atoms with Crippen LogP contribution in [0.25, 0.3) is 11.3 Å². The van der Waals surface area contributed by atoms with Crippen LogP contribution in [0.3, 0.4) is 0 Å². The summed E-state index contributed by atoms with van der Waals surface area (Å²) in [6.45, 7) is 7.42. The molecule has 0 saturated carbocycles. The lowest BCUT2D eigenvalue weighted by molar-refractivity contribution is -0.118. The van der Waals surface area contributed by atoms with Gasteiger partial charge in [0.2, 0.25) is 5.91 Å². The minimum atomic E-state index is -0.602. The average molecular weight is 412 g/mol. The van der Waals surface area contributed by atoms with Gasteiger partial charge in [-0.15, -0.1) is 0 Å². The summed E-state index contributed by atoms with van der Waals surface area (Å²) in [7, 11) is 1.82. The standard InChI is InChI=1S/C22H29N5O3/c1-6-14-8-7-9-16(26-21(29)30-22(2,3)4)17-12-15(10-11-23-17)19-18(25-20(14)28)13-24-27(19)5/h7-8,10-14,16H,6,9H2,1-5H3,(H,25,28)(H,26,29)/b8-7+/t14-,16?/m0/s1. The molecule has 160 valence electrons. The van der Waals surface area contributed by atoms with Gasteiger partial charge < -0.3 is 15.4 Å². The minimum absolute atomic E-state index is 0.0884. The van der Waals surface area contributed by atoms with E-state index in [9.17, 15) is 9.59 Å². The Bertz CT molecular complexity index is 958. The number of amides is 2. The second-order valence-corrected chi connectivity index (χ2v) is 8.37. The quantitative estimate of drug-likeness (QED) is 0.729. The largest absolute Gasteiger partial charge is 0.444 e. The van der Waals surface area contributed by atoms with Gasteiger partial charge in [-0.3, -0.25) is 14.5 Å². The van der Waals surface area contributed by atoms with E-state index in [1.54, 1.807) is 17.1 Å². The Hall–Kier alpha value is -3.16. The molecule has 8 nitrogen and oxygen atoms in total. The molecule has 0 spiro atoms. The Morgan fingerprint density at radius 1 is 1.40 bits per heavy atom. The molecule has 0 fully saturated rings. The Balaban J connectivity index is 2.03. The summed E-state index contributed by atoms with van der Waals surface area (Å²) in [4.78, 5) is 29.7. The average Bonchev–Trinajstić information content (AvgIpc) is 3.02.